The lowest BCUT2D eigenvalue weighted by Gasteiger charge is -2.32. The van der Waals surface area contributed by atoms with Gasteiger partial charge in [-0.25, -0.2) is 21.6 Å². The minimum atomic E-state index is -5.00. The molecule has 32 heavy (non-hydrogen) atoms. The van der Waals surface area contributed by atoms with E-state index in [4.69, 9.17) is 11.6 Å². The highest BCUT2D eigenvalue weighted by Crippen LogP contribution is 2.29. The molecule has 0 unspecified atom stereocenters. The summed E-state index contributed by atoms with van der Waals surface area (Å²) in [7, 11) is -8.30. The van der Waals surface area contributed by atoms with Crippen molar-refractivity contribution in [2.45, 2.75) is 39.7 Å². The van der Waals surface area contributed by atoms with Crippen molar-refractivity contribution in [3.8, 4) is 0 Å². The molecule has 174 valence electrons. The van der Waals surface area contributed by atoms with E-state index in [0.717, 1.165) is 12.1 Å². The lowest BCUT2D eigenvalue weighted by Crippen LogP contribution is -2.50. The summed E-state index contributed by atoms with van der Waals surface area (Å²) < 4.78 is 91.4. The Morgan fingerprint density at radius 3 is 2.12 bits per heavy atom. The molecule has 1 N–H and O–H groups in total. The van der Waals surface area contributed by atoms with E-state index in [1.165, 1.54) is 30.3 Å². The average Bonchev–Trinajstić information content (AvgIpc) is 2.73. The summed E-state index contributed by atoms with van der Waals surface area (Å²) in [6.07, 6.45) is -5.08. The number of benzene rings is 2. The number of nitrogens with one attached hydrogen (secondary N) is 1. The van der Waals surface area contributed by atoms with Gasteiger partial charge in [0.2, 0.25) is 19.9 Å². The van der Waals surface area contributed by atoms with Crippen molar-refractivity contribution in [1.82, 2.24) is 9.62 Å². The van der Waals surface area contributed by atoms with E-state index in [-0.39, 0.29) is 40.7 Å². The van der Waals surface area contributed by atoms with Gasteiger partial charge in [0.25, 0.3) is 0 Å². The number of carbonyl (C=O) groups is 1. The number of sulfone groups is 1. The molecule has 13 heteroatoms. The largest absolute Gasteiger partial charge is 0.471 e. The predicted octanol–water partition coefficient (Wildman–Crippen LogP) is 3.00. The van der Waals surface area contributed by atoms with E-state index >= 15 is 0 Å². The summed E-state index contributed by atoms with van der Waals surface area (Å²) in [5.74, 6) is -1.97. The molecule has 0 aliphatic carbocycles. The molecule has 0 saturated carbocycles. The molecule has 1 aliphatic heterocycles. The highest BCUT2D eigenvalue weighted by Gasteiger charge is 2.43. The third-order valence-electron chi connectivity index (χ3n) is 4.90. The van der Waals surface area contributed by atoms with Crippen LogP contribution in [0.1, 0.15) is 12.8 Å². The SMILES string of the molecule is O=C(N1CCC(NS(=O)(=O)c2cc(S(=O)(=O)c3ccccc3)ccc2Cl)CC1)C(F)(F)F. The third kappa shape index (κ3) is 5.25. The molecule has 1 aliphatic rings. The van der Waals surface area contributed by atoms with Crippen LogP contribution in [0.2, 0.25) is 5.02 Å². The lowest BCUT2D eigenvalue weighted by molar-refractivity contribution is -0.186. The van der Waals surface area contributed by atoms with Crippen LogP contribution in [0.5, 0.6) is 0 Å². The molecule has 1 amide bonds. The van der Waals surface area contributed by atoms with Crippen molar-refractivity contribution < 1.29 is 34.8 Å². The number of hydrogen-bond donors (Lipinski definition) is 1. The fourth-order valence-corrected chi connectivity index (χ4v) is 6.47. The van der Waals surface area contributed by atoms with Crippen LogP contribution in [0.25, 0.3) is 0 Å². The first-order valence-corrected chi connectivity index (χ1v) is 12.6. The van der Waals surface area contributed by atoms with E-state index < -0.39 is 42.9 Å². The monoisotopic (exact) mass is 510 g/mol. The maximum Gasteiger partial charge on any atom is 0.471 e. The first kappa shape index (κ1) is 24.5. The smallest absolute Gasteiger partial charge is 0.335 e. The van der Waals surface area contributed by atoms with E-state index in [2.05, 4.69) is 4.72 Å². The minimum Gasteiger partial charge on any atom is -0.335 e. The zero-order valence-electron chi connectivity index (χ0n) is 16.3. The highest BCUT2D eigenvalue weighted by molar-refractivity contribution is 7.91. The van der Waals surface area contributed by atoms with E-state index in [1.54, 1.807) is 6.07 Å². The lowest BCUT2D eigenvalue weighted by atomic mass is 10.1. The Morgan fingerprint density at radius 1 is 0.969 bits per heavy atom. The van der Waals surface area contributed by atoms with E-state index in [1.807, 2.05) is 0 Å². The Morgan fingerprint density at radius 2 is 1.56 bits per heavy atom. The first-order chi connectivity index (χ1) is 14.8. The maximum atomic E-state index is 12.9. The van der Waals surface area contributed by atoms with Crippen molar-refractivity contribution in [3.05, 3.63) is 53.6 Å². The molecule has 7 nitrogen and oxygen atoms in total. The molecule has 0 aromatic heterocycles. The molecular formula is C19H18ClF3N2O5S2. The predicted molar refractivity (Wildman–Crippen MR) is 109 cm³/mol. The summed E-state index contributed by atoms with van der Waals surface area (Å²) in [4.78, 5) is 11.2. The molecule has 0 radical (unpaired) electrons. The molecule has 1 heterocycles. The van der Waals surface area contributed by atoms with Crippen LogP contribution < -0.4 is 4.72 Å². The zero-order chi connectivity index (χ0) is 23.7. The van der Waals surface area contributed by atoms with Crippen LogP contribution in [-0.2, 0) is 24.7 Å². The Balaban J connectivity index is 1.80. The third-order valence-corrected chi connectivity index (χ3v) is 8.67. The number of likely N-dealkylation sites (tertiary alicyclic amines) is 1. The zero-order valence-corrected chi connectivity index (χ0v) is 18.7. The van der Waals surface area contributed by atoms with Crippen LogP contribution in [0, 0.1) is 0 Å². The molecule has 1 saturated heterocycles. The molecule has 0 atom stereocenters. The fourth-order valence-electron chi connectivity index (χ4n) is 3.26. The molecule has 2 aromatic carbocycles. The number of carbonyl (C=O) groups excluding carboxylic acids is 1. The van der Waals surface area contributed by atoms with Gasteiger partial charge in [0.1, 0.15) is 4.90 Å². The Bertz CT molecular complexity index is 1210. The second-order valence-corrected chi connectivity index (χ2v) is 11.1. The van der Waals surface area contributed by atoms with Crippen molar-refractivity contribution in [2.75, 3.05) is 13.1 Å². The number of piperidine rings is 1. The van der Waals surface area contributed by atoms with Crippen molar-refractivity contribution >= 4 is 37.4 Å². The molecule has 0 spiro atoms. The summed E-state index contributed by atoms with van der Waals surface area (Å²) >= 11 is 6.02. The Hall–Kier alpha value is -2.15. The van der Waals surface area contributed by atoms with Gasteiger partial charge in [0.15, 0.2) is 0 Å². The number of halogens is 4. The van der Waals surface area contributed by atoms with Gasteiger partial charge in [-0.1, -0.05) is 29.8 Å². The van der Waals surface area contributed by atoms with Gasteiger partial charge in [0.05, 0.1) is 14.8 Å². The quantitative estimate of drug-likeness (QED) is 0.666. The topological polar surface area (TPSA) is 101 Å². The van der Waals surface area contributed by atoms with Gasteiger partial charge in [0, 0.05) is 19.1 Å². The Kier molecular flexibility index (Phi) is 6.89. The van der Waals surface area contributed by atoms with E-state index in [0.29, 0.717) is 4.90 Å². The van der Waals surface area contributed by atoms with Crippen molar-refractivity contribution in [3.63, 3.8) is 0 Å². The summed E-state index contributed by atoms with van der Waals surface area (Å²) in [6, 6.07) is 9.95. The fraction of sp³-hybridized carbons (Fsp3) is 0.316. The van der Waals surface area contributed by atoms with Crippen LogP contribution in [0.4, 0.5) is 13.2 Å². The van der Waals surface area contributed by atoms with Gasteiger partial charge in [-0.05, 0) is 43.2 Å². The van der Waals surface area contributed by atoms with Gasteiger partial charge in [-0.15, -0.1) is 0 Å². The number of hydrogen-bond acceptors (Lipinski definition) is 5. The first-order valence-electron chi connectivity index (χ1n) is 9.30. The van der Waals surface area contributed by atoms with E-state index in [9.17, 15) is 34.8 Å². The van der Waals surface area contributed by atoms with Crippen molar-refractivity contribution in [1.29, 1.82) is 0 Å². The van der Waals surface area contributed by atoms with Gasteiger partial charge < -0.3 is 4.90 Å². The van der Waals surface area contributed by atoms with Gasteiger partial charge >= 0.3 is 12.1 Å². The Labute approximate surface area is 188 Å². The number of amides is 1. The highest BCUT2D eigenvalue weighted by atomic mass is 35.5. The molecule has 2 aromatic rings. The molecule has 0 bridgehead atoms. The summed E-state index contributed by atoms with van der Waals surface area (Å²) in [6.45, 7) is -0.552. The average molecular weight is 511 g/mol. The van der Waals surface area contributed by atoms with Crippen LogP contribution >= 0.6 is 11.6 Å². The molecular weight excluding hydrogens is 493 g/mol. The van der Waals surface area contributed by atoms with Gasteiger partial charge in [-0.2, -0.15) is 13.2 Å². The number of sulfonamides is 1. The normalized spacial score (nSPS) is 16.2. The second kappa shape index (κ2) is 9.00. The summed E-state index contributed by atoms with van der Waals surface area (Å²) in [5.41, 5.74) is 0. The number of rotatable bonds is 5. The van der Waals surface area contributed by atoms with Crippen molar-refractivity contribution in [2.24, 2.45) is 0 Å². The van der Waals surface area contributed by atoms with Crippen LogP contribution in [0.15, 0.2) is 63.2 Å². The molecule has 3 rings (SSSR count). The number of nitrogens with zero attached hydrogens (tertiary/aromatic N) is 1. The minimum absolute atomic E-state index is 0.0275. The maximum absolute atomic E-state index is 12.9. The van der Waals surface area contributed by atoms with Crippen LogP contribution in [0.3, 0.4) is 0 Å². The standard InChI is InChI=1S/C19H18ClF3N2O5S2/c20-16-7-6-15(31(27,28)14-4-2-1-3-5-14)12-17(16)32(29,30)24-13-8-10-25(11-9-13)18(26)19(21,22)23/h1-7,12-13,24H,8-11H2. The second-order valence-electron chi connectivity index (χ2n) is 7.09. The van der Waals surface area contributed by atoms with Gasteiger partial charge in [-0.3, -0.25) is 4.79 Å². The number of alkyl halides is 3. The van der Waals surface area contributed by atoms with Crippen LogP contribution in [-0.4, -0.2) is 53.0 Å². The summed E-state index contributed by atoms with van der Waals surface area (Å²) in [5, 5.41) is -0.214. The molecule has 1 fully saturated rings.